The van der Waals surface area contributed by atoms with Gasteiger partial charge in [0, 0.05) is 0 Å². The standard InChI is InChI=1S/C14H18F2.C2H6/c1-9-3-6-11(7-4-9)12-8-5-10(2)13(15)14(12)16;1-2/h5,8-9,11H,3-4,6-7H2,1-2H3;1-2H3. The Morgan fingerprint density at radius 2 is 1.50 bits per heavy atom. The summed E-state index contributed by atoms with van der Waals surface area (Å²) < 4.78 is 27.2. The maximum Gasteiger partial charge on any atom is 0.162 e. The average molecular weight is 254 g/mol. The fourth-order valence-electron chi connectivity index (χ4n) is 2.55. The number of rotatable bonds is 1. The first kappa shape index (κ1) is 15.1. The maximum absolute atomic E-state index is 13.8. The predicted octanol–water partition coefficient (Wildman–Crippen LogP) is 5.59. The molecular formula is C16H24F2. The number of benzene rings is 1. The summed E-state index contributed by atoms with van der Waals surface area (Å²) in [6.07, 6.45) is 4.22. The lowest BCUT2D eigenvalue weighted by Gasteiger charge is -2.26. The molecule has 0 amide bonds. The van der Waals surface area contributed by atoms with Crippen LogP contribution in [0.5, 0.6) is 0 Å². The molecular weight excluding hydrogens is 230 g/mol. The third kappa shape index (κ3) is 3.30. The average Bonchev–Trinajstić information content (AvgIpc) is 2.40. The predicted molar refractivity (Wildman–Crippen MR) is 72.8 cm³/mol. The van der Waals surface area contributed by atoms with Crippen LogP contribution in [0.15, 0.2) is 12.1 Å². The Morgan fingerprint density at radius 3 is 2.06 bits per heavy atom. The Bertz CT molecular complexity index is 377. The van der Waals surface area contributed by atoms with Gasteiger partial charge in [0.15, 0.2) is 11.6 Å². The molecule has 1 aromatic rings. The van der Waals surface area contributed by atoms with E-state index >= 15 is 0 Å². The minimum absolute atomic E-state index is 0.214. The van der Waals surface area contributed by atoms with Crippen molar-refractivity contribution in [1.82, 2.24) is 0 Å². The number of halogens is 2. The van der Waals surface area contributed by atoms with Gasteiger partial charge in [-0.1, -0.05) is 45.7 Å². The Kier molecular flexibility index (Phi) is 5.77. The topological polar surface area (TPSA) is 0 Å². The Morgan fingerprint density at radius 1 is 0.944 bits per heavy atom. The zero-order valence-electron chi connectivity index (χ0n) is 11.9. The highest BCUT2D eigenvalue weighted by molar-refractivity contribution is 5.28. The minimum atomic E-state index is -0.670. The lowest BCUT2D eigenvalue weighted by atomic mass is 9.79. The van der Waals surface area contributed by atoms with E-state index in [2.05, 4.69) is 6.92 Å². The number of hydrogen-bond acceptors (Lipinski definition) is 0. The molecule has 0 radical (unpaired) electrons. The molecule has 1 fully saturated rings. The first-order valence-electron chi connectivity index (χ1n) is 7.04. The van der Waals surface area contributed by atoms with Crippen LogP contribution in [0.25, 0.3) is 0 Å². The fourth-order valence-corrected chi connectivity index (χ4v) is 2.55. The van der Waals surface area contributed by atoms with E-state index in [0.717, 1.165) is 31.6 Å². The van der Waals surface area contributed by atoms with Crippen LogP contribution >= 0.6 is 0 Å². The zero-order chi connectivity index (χ0) is 13.7. The summed E-state index contributed by atoms with van der Waals surface area (Å²) in [7, 11) is 0. The van der Waals surface area contributed by atoms with E-state index < -0.39 is 11.6 Å². The van der Waals surface area contributed by atoms with Crippen molar-refractivity contribution < 1.29 is 8.78 Å². The highest BCUT2D eigenvalue weighted by Gasteiger charge is 2.23. The lowest BCUT2D eigenvalue weighted by Crippen LogP contribution is -2.13. The lowest BCUT2D eigenvalue weighted by molar-refractivity contribution is 0.339. The molecule has 0 aromatic heterocycles. The van der Waals surface area contributed by atoms with E-state index in [1.807, 2.05) is 13.8 Å². The Labute approximate surface area is 109 Å². The van der Waals surface area contributed by atoms with Crippen LogP contribution in [0.4, 0.5) is 8.78 Å². The quantitative estimate of drug-likeness (QED) is 0.612. The van der Waals surface area contributed by atoms with Gasteiger partial charge >= 0.3 is 0 Å². The zero-order valence-corrected chi connectivity index (χ0v) is 11.9. The van der Waals surface area contributed by atoms with Crippen LogP contribution in [0, 0.1) is 24.5 Å². The van der Waals surface area contributed by atoms with Gasteiger partial charge in [0.25, 0.3) is 0 Å². The second-order valence-electron chi connectivity index (χ2n) is 5.06. The van der Waals surface area contributed by atoms with Gasteiger partial charge in [-0.05, 0) is 42.7 Å². The Balaban J connectivity index is 0.000000771. The molecule has 1 aromatic carbocycles. The molecule has 0 nitrogen and oxygen atoms in total. The third-order valence-corrected chi connectivity index (χ3v) is 3.76. The van der Waals surface area contributed by atoms with Crippen molar-refractivity contribution in [3.63, 3.8) is 0 Å². The molecule has 0 bridgehead atoms. The summed E-state index contributed by atoms with van der Waals surface area (Å²) in [5.74, 6) is -0.350. The molecule has 0 heterocycles. The molecule has 18 heavy (non-hydrogen) atoms. The van der Waals surface area contributed by atoms with Crippen LogP contribution in [0.1, 0.15) is 63.5 Å². The number of hydrogen-bond donors (Lipinski definition) is 0. The summed E-state index contributed by atoms with van der Waals surface area (Å²) in [4.78, 5) is 0. The van der Waals surface area contributed by atoms with E-state index in [9.17, 15) is 8.78 Å². The van der Waals surface area contributed by atoms with Crippen molar-refractivity contribution >= 4 is 0 Å². The summed E-state index contributed by atoms with van der Waals surface area (Å²) in [5, 5.41) is 0. The highest BCUT2D eigenvalue weighted by Crippen LogP contribution is 2.37. The van der Waals surface area contributed by atoms with Gasteiger partial charge in [-0.2, -0.15) is 0 Å². The summed E-state index contributed by atoms with van der Waals surface area (Å²) in [5.41, 5.74) is 0.973. The van der Waals surface area contributed by atoms with E-state index in [1.54, 1.807) is 19.1 Å². The molecule has 1 aliphatic rings. The van der Waals surface area contributed by atoms with Crippen molar-refractivity contribution in [3.8, 4) is 0 Å². The van der Waals surface area contributed by atoms with Crippen LogP contribution in [-0.4, -0.2) is 0 Å². The van der Waals surface area contributed by atoms with Crippen LogP contribution in [-0.2, 0) is 0 Å². The second kappa shape index (κ2) is 6.86. The molecule has 0 saturated heterocycles. The largest absolute Gasteiger partial charge is 0.203 e. The molecule has 0 N–H and O–H groups in total. The van der Waals surface area contributed by atoms with Gasteiger partial charge in [-0.25, -0.2) is 8.78 Å². The molecule has 1 saturated carbocycles. The van der Waals surface area contributed by atoms with E-state index in [4.69, 9.17) is 0 Å². The molecule has 2 heteroatoms. The summed E-state index contributed by atoms with van der Waals surface area (Å²) in [6.45, 7) is 7.83. The van der Waals surface area contributed by atoms with Crippen molar-refractivity contribution in [2.24, 2.45) is 5.92 Å². The van der Waals surface area contributed by atoms with Gasteiger partial charge in [-0.3, -0.25) is 0 Å². The van der Waals surface area contributed by atoms with Gasteiger partial charge in [0.05, 0.1) is 0 Å². The maximum atomic E-state index is 13.8. The molecule has 2 rings (SSSR count). The van der Waals surface area contributed by atoms with Gasteiger partial charge in [-0.15, -0.1) is 0 Å². The number of aryl methyl sites for hydroxylation is 1. The van der Waals surface area contributed by atoms with Crippen molar-refractivity contribution in [1.29, 1.82) is 0 Å². The van der Waals surface area contributed by atoms with Crippen molar-refractivity contribution in [3.05, 3.63) is 34.9 Å². The summed E-state index contributed by atoms with van der Waals surface area (Å²) >= 11 is 0. The van der Waals surface area contributed by atoms with E-state index in [-0.39, 0.29) is 5.92 Å². The normalized spacial score (nSPS) is 23.2. The monoisotopic (exact) mass is 254 g/mol. The molecule has 0 aliphatic heterocycles. The highest BCUT2D eigenvalue weighted by atomic mass is 19.2. The third-order valence-electron chi connectivity index (χ3n) is 3.76. The first-order chi connectivity index (χ1) is 8.59. The molecule has 1 aliphatic carbocycles. The SMILES string of the molecule is CC.Cc1ccc(C2CCC(C)CC2)c(F)c1F. The molecule has 0 atom stereocenters. The molecule has 0 spiro atoms. The Hall–Kier alpha value is -0.920. The first-order valence-corrected chi connectivity index (χ1v) is 7.04. The second-order valence-corrected chi connectivity index (χ2v) is 5.06. The van der Waals surface area contributed by atoms with E-state index in [1.165, 1.54) is 0 Å². The summed E-state index contributed by atoms with van der Waals surface area (Å²) in [6, 6.07) is 3.44. The van der Waals surface area contributed by atoms with Crippen LogP contribution < -0.4 is 0 Å². The van der Waals surface area contributed by atoms with Gasteiger partial charge < -0.3 is 0 Å². The fraction of sp³-hybridized carbons (Fsp3) is 0.625. The van der Waals surface area contributed by atoms with Crippen LogP contribution in [0.3, 0.4) is 0 Å². The minimum Gasteiger partial charge on any atom is -0.203 e. The van der Waals surface area contributed by atoms with Gasteiger partial charge in [0.1, 0.15) is 0 Å². The molecule has 0 unspecified atom stereocenters. The van der Waals surface area contributed by atoms with Gasteiger partial charge in [0.2, 0.25) is 0 Å². The van der Waals surface area contributed by atoms with Crippen molar-refractivity contribution in [2.75, 3.05) is 0 Å². The smallest absolute Gasteiger partial charge is 0.162 e. The molecule has 102 valence electrons. The van der Waals surface area contributed by atoms with Crippen LogP contribution in [0.2, 0.25) is 0 Å². The van der Waals surface area contributed by atoms with E-state index in [0.29, 0.717) is 11.1 Å². The van der Waals surface area contributed by atoms with Crippen molar-refractivity contribution in [2.45, 2.75) is 59.3 Å².